The molecule has 2 aliphatic carbocycles. The van der Waals surface area contributed by atoms with Crippen LogP contribution in [0.15, 0.2) is 12.1 Å². The van der Waals surface area contributed by atoms with Crippen molar-refractivity contribution >= 4 is 11.9 Å². The van der Waals surface area contributed by atoms with E-state index < -0.39 is 11.7 Å². The van der Waals surface area contributed by atoms with E-state index in [1.165, 1.54) is 6.92 Å². The van der Waals surface area contributed by atoms with Crippen LogP contribution in [-0.2, 0) is 27.3 Å². The van der Waals surface area contributed by atoms with Crippen molar-refractivity contribution in [2.45, 2.75) is 128 Å². The quantitative estimate of drug-likeness (QED) is 0.382. The molecule has 3 atom stereocenters. The van der Waals surface area contributed by atoms with Gasteiger partial charge >= 0.3 is 5.97 Å². The van der Waals surface area contributed by atoms with Crippen LogP contribution in [0.25, 0.3) is 0 Å². The SMILES string of the molecule is CCCCC1CCC(CCc2cc(CN3CCCC3=O)c(O)c(OC3CCCC3)c2)(OC(C)=O)CC1O. The van der Waals surface area contributed by atoms with Crippen LogP contribution < -0.4 is 4.74 Å². The fourth-order valence-electron chi connectivity index (χ4n) is 6.49. The fourth-order valence-corrected chi connectivity index (χ4v) is 6.49. The molecule has 0 radical (unpaired) electrons. The number of esters is 1. The molecule has 1 amide bonds. The lowest BCUT2D eigenvalue weighted by Crippen LogP contribution is -2.45. The van der Waals surface area contributed by atoms with Gasteiger partial charge in [-0.15, -0.1) is 0 Å². The van der Waals surface area contributed by atoms with E-state index in [2.05, 4.69) is 6.92 Å². The maximum absolute atomic E-state index is 12.3. The minimum Gasteiger partial charge on any atom is -0.504 e. The van der Waals surface area contributed by atoms with Crippen molar-refractivity contribution in [2.75, 3.05) is 6.54 Å². The molecule has 7 heteroatoms. The maximum Gasteiger partial charge on any atom is 0.303 e. The smallest absolute Gasteiger partial charge is 0.303 e. The van der Waals surface area contributed by atoms with E-state index in [4.69, 9.17) is 9.47 Å². The number of benzene rings is 1. The molecule has 0 spiro atoms. The van der Waals surface area contributed by atoms with Gasteiger partial charge in [0.2, 0.25) is 5.91 Å². The summed E-state index contributed by atoms with van der Waals surface area (Å²) in [5.74, 6) is 0.662. The third-order valence-corrected chi connectivity index (χ3v) is 8.60. The molecular weight excluding hydrogens is 470 g/mol. The Morgan fingerprint density at radius 2 is 1.97 bits per heavy atom. The molecule has 0 aromatic heterocycles. The summed E-state index contributed by atoms with van der Waals surface area (Å²) in [6.07, 6.45) is 11.7. The first kappa shape index (κ1) is 27.7. The van der Waals surface area contributed by atoms with Gasteiger partial charge in [-0.2, -0.15) is 0 Å². The van der Waals surface area contributed by atoms with Crippen molar-refractivity contribution in [1.82, 2.24) is 4.90 Å². The van der Waals surface area contributed by atoms with Crippen molar-refractivity contribution in [3.05, 3.63) is 23.3 Å². The standard InChI is InChI=1S/C30H45NO6/c1-3-4-8-23-13-15-30(19-26(23)33,37-21(2)32)14-12-22-17-24(20-31-16-7-11-28(31)34)29(35)27(18-22)36-25-9-5-6-10-25/h17-18,23,25-26,33,35H,3-16,19-20H2,1-2H3. The first-order chi connectivity index (χ1) is 17.8. The first-order valence-electron chi connectivity index (χ1n) is 14.5. The summed E-state index contributed by atoms with van der Waals surface area (Å²) in [6, 6.07) is 3.88. The van der Waals surface area contributed by atoms with Crippen LogP contribution >= 0.6 is 0 Å². The number of ether oxygens (including phenoxy) is 2. The van der Waals surface area contributed by atoms with Crippen molar-refractivity contribution in [3.63, 3.8) is 0 Å². The van der Waals surface area contributed by atoms with Crippen LogP contribution in [0.5, 0.6) is 11.5 Å². The number of carbonyl (C=O) groups excluding carboxylic acids is 2. The molecule has 1 heterocycles. The Labute approximate surface area is 221 Å². The molecule has 206 valence electrons. The molecule has 2 N–H and O–H groups in total. The van der Waals surface area contributed by atoms with E-state index in [-0.39, 0.29) is 29.6 Å². The molecule has 1 aliphatic heterocycles. The fraction of sp³-hybridized carbons (Fsp3) is 0.733. The molecule has 1 saturated heterocycles. The first-order valence-corrected chi connectivity index (χ1v) is 14.5. The Morgan fingerprint density at radius 1 is 1.19 bits per heavy atom. The van der Waals surface area contributed by atoms with Gasteiger partial charge < -0.3 is 24.6 Å². The molecule has 0 bridgehead atoms. The second kappa shape index (κ2) is 12.5. The Hall–Kier alpha value is -2.28. The van der Waals surface area contributed by atoms with E-state index in [1.54, 1.807) is 4.90 Å². The third-order valence-electron chi connectivity index (χ3n) is 8.60. The number of aryl methyl sites for hydroxylation is 1. The van der Waals surface area contributed by atoms with Gasteiger partial charge in [0, 0.05) is 38.4 Å². The highest BCUT2D eigenvalue weighted by atomic mass is 16.6. The molecule has 1 aromatic rings. The highest BCUT2D eigenvalue weighted by molar-refractivity contribution is 5.78. The van der Waals surface area contributed by atoms with Gasteiger partial charge in [0.25, 0.3) is 0 Å². The van der Waals surface area contributed by atoms with E-state index in [0.29, 0.717) is 50.1 Å². The lowest BCUT2D eigenvalue weighted by molar-refractivity contribution is -0.168. The van der Waals surface area contributed by atoms with Crippen LogP contribution in [0.1, 0.15) is 108 Å². The van der Waals surface area contributed by atoms with Crippen LogP contribution in [-0.4, -0.2) is 51.3 Å². The van der Waals surface area contributed by atoms with Gasteiger partial charge in [-0.3, -0.25) is 9.59 Å². The minimum atomic E-state index is -0.691. The number of hydrogen-bond acceptors (Lipinski definition) is 6. The van der Waals surface area contributed by atoms with Gasteiger partial charge in [0.15, 0.2) is 11.5 Å². The van der Waals surface area contributed by atoms with Crippen LogP contribution in [0.4, 0.5) is 0 Å². The third kappa shape index (κ3) is 7.18. The van der Waals surface area contributed by atoms with Gasteiger partial charge in [0.05, 0.1) is 12.2 Å². The Morgan fingerprint density at radius 3 is 2.62 bits per heavy atom. The van der Waals surface area contributed by atoms with E-state index in [9.17, 15) is 19.8 Å². The highest BCUT2D eigenvalue weighted by Gasteiger charge is 2.42. The van der Waals surface area contributed by atoms with Crippen molar-refractivity contribution in [2.24, 2.45) is 5.92 Å². The number of amides is 1. The largest absolute Gasteiger partial charge is 0.504 e. The molecule has 37 heavy (non-hydrogen) atoms. The molecule has 2 saturated carbocycles. The van der Waals surface area contributed by atoms with Crippen molar-refractivity contribution in [3.8, 4) is 11.5 Å². The summed E-state index contributed by atoms with van der Waals surface area (Å²) in [6.45, 7) is 4.67. The molecular formula is C30H45NO6. The zero-order chi connectivity index (χ0) is 26.4. The second-order valence-corrected chi connectivity index (χ2v) is 11.5. The van der Waals surface area contributed by atoms with Crippen LogP contribution in [0.3, 0.4) is 0 Å². The topological polar surface area (TPSA) is 96.3 Å². The Kier molecular flexibility index (Phi) is 9.38. The highest BCUT2D eigenvalue weighted by Crippen LogP contribution is 2.42. The van der Waals surface area contributed by atoms with Gasteiger partial charge in [-0.05, 0) is 81.8 Å². The summed E-state index contributed by atoms with van der Waals surface area (Å²) < 4.78 is 12.2. The number of phenolic OH excluding ortho intramolecular Hbond substituents is 1. The number of rotatable bonds is 11. The maximum atomic E-state index is 12.3. The Balaban J connectivity index is 1.53. The summed E-state index contributed by atoms with van der Waals surface area (Å²) >= 11 is 0. The predicted octanol–water partition coefficient (Wildman–Crippen LogP) is 5.42. The summed E-state index contributed by atoms with van der Waals surface area (Å²) in [4.78, 5) is 26.1. The predicted molar refractivity (Wildman–Crippen MR) is 141 cm³/mol. The van der Waals surface area contributed by atoms with Crippen molar-refractivity contribution < 1.29 is 29.3 Å². The van der Waals surface area contributed by atoms with Crippen molar-refractivity contribution in [1.29, 1.82) is 0 Å². The molecule has 7 nitrogen and oxygen atoms in total. The van der Waals surface area contributed by atoms with Gasteiger partial charge in [-0.1, -0.05) is 25.8 Å². The molecule has 1 aromatic carbocycles. The number of phenols is 1. The monoisotopic (exact) mass is 515 g/mol. The summed E-state index contributed by atoms with van der Waals surface area (Å²) in [5, 5.41) is 22.0. The molecule has 3 aliphatic rings. The van der Waals surface area contributed by atoms with E-state index >= 15 is 0 Å². The lowest BCUT2D eigenvalue weighted by atomic mass is 9.72. The van der Waals surface area contributed by atoms with Gasteiger partial charge in [-0.25, -0.2) is 0 Å². The lowest BCUT2D eigenvalue weighted by Gasteiger charge is -2.42. The number of aliphatic hydroxyl groups excluding tert-OH is 1. The average Bonchev–Trinajstić information content (AvgIpc) is 3.51. The number of aliphatic hydroxyl groups is 1. The second-order valence-electron chi connectivity index (χ2n) is 11.5. The van der Waals surface area contributed by atoms with E-state index in [1.807, 2.05) is 12.1 Å². The molecule has 3 fully saturated rings. The van der Waals surface area contributed by atoms with Gasteiger partial charge in [0.1, 0.15) is 5.60 Å². The number of unbranched alkanes of at least 4 members (excludes halogenated alkanes) is 1. The zero-order valence-corrected chi connectivity index (χ0v) is 22.7. The number of aromatic hydroxyl groups is 1. The Bertz CT molecular complexity index is 942. The molecule has 3 unspecified atom stereocenters. The van der Waals surface area contributed by atoms with E-state index in [0.717, 1.165) is 69.8 Å². The number of hydrogen-bond donors (Lipinski definition) is 2. The minimum absolute atomic E-state index is 0.100. The summed E-state index contributed by atoms with van der Waals surface area (Å²) in [5.41, 5.74) is 0.996. The average molecular weight is 516 g/mol. The number of carbonyl (C=O) groups is 2. The van der Waals surface area contributed by atoms with Crippen LogP contribution in [0, 0.1) is 5.92 Å². The number of likely N-dealkylation sites (tertiary alicyclic amines) is 1. The zero-order valence-electron chi connectivity index (χ0n) is 22.7. The molecule has 4 rings (SSSR count). The normalized spacial score (nSPS) is 26.6. The number of nitrogens with zero attached hydrogens (tertiary/aromatic N) is 1. The summed E-state index contributed by atoms with van der Waals surface area (Å²) in [7, 11) is 0. The van der Waals surface area contributed by atoms with Crippen LogP contribution in [0.2, 0.25) is 0 Å².